The molecule has 7 heteroatoms. The largest absolute Gasteiger partial charge is 0.497 e. The standard InChI is InChI=1S/C18H23NO5S/c1-13(2)24-17-10-5-14(11-18(17)23-4)12-19-25(20,21)16-8-6-15(22-3)7-9-16/h5-11,13,19H,12H2,1-4H3. The molecule has 0 aliphatic heterocycles. The lowest BCUT2D eigenvalue weighted by Gasteiger charge is -2.15. The fraction of sp³-hybridized carbons (Fsp3) is 0.333. The number of methoxy groups -OCH3 is 2. The van der Waals surface area contributed by atoms with Crippen LogP contribution in [0, 0.1) is 0 Å². The maximum Gasteiger partial charge on any atom is 0.240 e. The highest BCUT2D eigenvalue weighted by Gasteiger charge is 2.15. The van der Waals surface area contributed by atoms with E-state index in [0.29, 0.717) is 17.2 Å². The maximum atomic E-state index is 12.4. The highest BCUT2D eigenvalue weighted by molar-refractivity contribution is 7.89. The zero-order chi connectivity index (χ0) is 18.4. The lowest BCUT2D eigenvalue weighted by atomic mass is 10.2. The van der Waals surface area contributed by atoms with Crippen LogP contribution < -0.4 is 18.9 Å². The molecule has 0 bridgehead atoms. The Bertz CT molecular complexity index is 801. The van der Waals surface area contributed by atoms with Crippen LogP contribution in [0.25, 0.3) is 0 Å². The fourth-order valence-corrected chi connectivity index (χ4v) is 3.21. The molecule has 0 fully saturated rings. The second-order valence-corrected chi connectivity index (χ2v) is 7.42. The van der Waals surface area contributed by atoms with E-state index in [2.05, 4.69) is 4.72 Å². The summed E-state index contributed by atoms with van der Waals surface area (Å²) in [6, 6.07) is 11.6. The molecule has 2 rings (SSSR count). The minimum Gasteiger partial charge on any atom is -0.497 e. The van der Waals surface area contributed by atoms with Gasteiger partial charge in [0.05, 0.1) is 25.2 Å². The van der Waals surface area contributed by atoms with Crippen molar-refractivity contribution < 1.29 is 22.6 Å². The summed E-state index contributed by atoms with van der Waals surface area (Å²) >= 11 is 0. The molecule has 0 aliphatic rings. The molecule has 0 spiro atoms. The molecular weight excluding hydrogens is 342 g/mol. The summed E-state index contributed by atoms with van der Waals surface area (Å²) in [7, 11) is -0.531. The van der Waals surface area contributed by atoms with Crippen molar-refractivity contribution in [2.75, 3.05) is 14.2 Å². The third-order valence-electron chi connectivity index (χ3n) is 3.43. The molecule has 0 radical (unpaired) electrons. The van der Waals surface area contributed by atoms with Crippen LogP contribution in [-0.2, 0) is 16.6 Å². The third kappa shape index (κ3) is 5.11. The number of rotatable bonds is 8. The van der Waals surface area contributed by atoms with Gasteiger partial charge in [-0.2, -0.15) is 0 Å². The van der Waals surface area contributed by atoms with Gasteiger partial charge in [-0.05, 0) is 55.8 Å². The summed E-state index contributed by atoms with van der Waals surface area (Å²) in [6.07, 6.45) is 0.0216. The van der Waals surface area contributed by atoms with Crippen molar-refractivity contribution in [3.8, 4) is 17.2 Å². The van der Waals surface area contributed by atoms with E-state index < -0.39 is 10.0 Å². The molecule has 0 amide bonds. The van der Waals surface area contributed by atoms with Crippen LogP contribution in [0.2, 0.25) is 0 Å². The topological polar surface area (TPSA) is 73.9 Å². The zero-order valence-electron chi connectivity index (χ0n) is 14.8. The van der Waals surface area contributed by atoms with Gasteiger partial charge in [-0.25, -0.2) is 13.1 Å². The summed E-state index contributed by atoms with van der Waals surface area (Å²) < 4.78 is 43.3. The van der Waals surface area contributed by atoms with Crippen LogP contribution in [-0.4, -0.2) is 28.7 Å². The molecule has 0 heterocycles. The van der Waals surface area contributed by atoms with E-state index in [9.17, 15) is 8.42 Å². The Labute approximate surface area is 148 Å². The van der Waals surface area contributed by atoms with Crippen molar-refractivity contribution in [1.82, 2.24) is 4.72 Å². The first kappa shape index (κ1) is 19.1. The van der Waals surface area contributed by atoms with E-state index in [-0.39, 0.29) is 17.5 Å². The number of hydrogen-bond donors (Lipinski definition) is 1. The van der Waals surface area contributed by atoms with Crippen LogP contribution in [0.15, 0.2) is 47.4 Å². The molecule has 2 aromatic rings. The van der Waals surface area contributed by atoms with Gasteiger partial charge in [0.15, 0.2) is 11.5 Å². The SMILES string of the molecule is COc1ccc(S(=O)(=O)NCc2ccc(OC(C)C)c(OC)c2)cc1. The smallest absolute Gasteiger partial charge is 0.240 e. The van der Waals surface area contributed by atoms with E-state index in [1.165, 1.54) is 19.2 Å². The second-order valence-electron chi connectivity index (χ2n) is 5.65. The van der Waals surface area contributed by atoms with E-state index in [0.717, 1.165) is 5.56 Å². The summed E-state index contributed by atoms with van der Waals surface area (Å²) in [5.41, 5.74) is 0.769. The number of hydrogen-bond acceptors (Lipinski definition) is 5. The maximum absolute atomic E-state index is 12.4. The van der Waals surface area contributed by atoms with Crippen molar-refractivity contribution in [1.29, 1.82) is 0 Å². The summed E-state index contributed by atoms with van der Waals surface area (Å²) in [6.45, 7) is 4.00. The summed E-state index contributed by atoms with van der Waals surface area (Å²) in [5, 5.41) is 0. The minimum absolute atomic E-state index is 0.0216. The fourth-order valence-electron chi connectivity index (χ4n) is 2.19. The zero-order valence-corrected chi connectivity index (χ0v) is 15.6. The van der Waals surface area contributed by atoms with E-state index >= 15 is 0 Å². The van der Waals surface area contributed by atoms with Crippen LogP contribution in [0.4, 0.5) is 0 Å². The van der Waals surface area contributed by atoms with Gasteiger partial charge in [0, 0.05) is 6.54 Å². The Hall–Kier alpha value is -2.25. The highest BCUT2D eigenvalue weighted by Crippen LogP contribution is 2.29. The van der Waals surface area contributed by atoms with Crippen molar-refractivity contribution in [2.24, 2.45) is 0 Å². The van der Waals surface area contributed by atoms with Crippen LogP contribution in [0.3, 0.4) is 0 Å². The van der Waals surface area contributed by atoms with Crippen molar-refractivity contribution in [3.63, 3.8) is 0 Å². The number of ether oxygens (including phenoxy) is 3. The van der Waals surface area contributed by atoms with Gasteiger partial charge >= 0.3 is 0 Å². The summed E-state index contributed by atoms with van der Waals surface area (Å²) in [5.74, 6) is 1.79. The predicted octanol–water partition coefficient (Wildman–Crippen LogP) is 2.97. The first-order valence-electron chi connectivity index (χ1n) is 7.83. The molecule has 136 valence electrons. The second kappa shape index (κ2) is 8.22. The van der Waals surface area contributed by atoms with Crippen molar-refractivity contribution in [2.45, 2.75) is 31.4 Å². The quantitative estimate of drug-likeness (QED) is 0.778. The first-order chi connectivity index (χ1) is 11.9. The number of nitrogens with one attached hydrogen (secondary N) is 1. The average Bonchev–Trinajstić information content (AvgIpc) is 2.60. The normalized spacial score (nSPS) is 11.4. The molecule has 2 aromatic carbocycles. The molecule has 6 nitrogen and oxygen atoms in total. The summed E-state index contributed by atoms with van der Waals surface area (Å²) in [4.78, 5) is 0.181. The third-order valence-corrected chi connectivity index (χ3v) is 4.84. The molecule has 1 N–H and O–H groups in total. The van der Waals surface area contributed by atoms with Gasteiger partial charge in [-0.1, -0.05) is 6.07 Å². The molecular formula is C18H23NO5S. The average molecular weight is 365 g/mol. The van der Waals surface area contributed by atoms with E-state index in [1.54, 1.807) is 37.4 Å². The molecule has 0 atom stereocenters. The Kier molecular flexibility index (Phi) is 6.27. The molecule has 0 unspecified atom stereocenters. The van der Waals surface area contributed by atoms with Gasteiger partial charge in [0.2, 0.25) is 10.0 Å². The molecule has 0 aromatic heterocycles. The highest BCUT2D eigenvalue weighted by atomic mass is 32.2. The Morgan fingerprint density at radius 2 is 1.64 bits per heavy atom. The molecule has 0 saturated heterocycles. The predicted molar refractivity (Wildman–Crippen MR) is 95.8 cm³/mol. The van der Waals surface area contributed by atoms with Crippen molar-refractivity contribution in [3.05, 3.63) is 48.0 Å². The minimum atomic E-state index is -3.61. The lowest BCUT2D eigenvalue weighted by Crippen LogP contribution is -2.23. The Morgan fingerprint density at radius 1 is 0.960 bits per heavy atom. The van der Waals surface area contributed by atoms with Crippen LogP contribution in [0.1, 0.15) is 19.4 Å². The Balaban J connectivity index is 2.11. The van der Waals surface area contributed by atoms with Crippen LogP contribution >= 0.6 is 0 Å². The van der Waals surface area contributed by atoms with E-state index in [1.807, 2.05) is 13.8 Å². The van der Waals surface area contributed by atoms with Gasteiger partial charge in [-0.3, -0.25) is 0 Å². The molecule has 0 aliphatic carbocycles. The molecule has 25 heavy (non-hydrogen) atoms. The monoisotopic (exact) mass is 365 g/mol. The number of sulfonamides is 1. The lowest BCUT2D eigenvalue weighted by molar-refractivity contribution is 0.230. The first-order valence-corrected chi connectivity index (χ1v) is 9.31. The van der Waals surface area contributed by atoms with Gasteiger partial charge in [0.1, 0.15) is 5.75 Å². The number of benzene rings is 2. The van der Waals surface area contributed by atoms with Gasteiger partial charge in [0.25, 0.3) is 0 Å². The van der Waals surface area contributed by atoms with Gasteiger partial charge in [-0.15, -0.1) is 0 Å². The van der Waals surface area contributed by atoms with E-state index in [4.69, 9.17) is 14.2 Å². The van der Waals surface area contributed by atoms with Crippen molar-refractivity contribution >= 4 is 10.0 Å². The van der Waals surface area contributed by atoms with Gasteiger partial charge < -0.3 is 14.2 Å². The Morgan fingerprint density at radius 3 is 2.20 bits per heavy atom. The van der Waals surface area contributed by atoms with Crippen LogP contribution in [0.5, 0.6) is 17.2 Å². The molecule has 0 saturated carbocycles.